The van der Waals surface area contributed by atoms with Gasteiger partial charge in [0.2, 0.25) is 0 Å². The van der Waals surface area contributed by atoms with Gasteiger partial charge in [0, 0.05) is 13.1 Å². The van der Waals surface area contributed by atoms with Crippen LogP contribution in [-0.4, -0.2) is 42.0 Å². The second kappa shape index (κ2) is 6.75. The van der Waals surface area contributed by atoms with Gasteiger partial charge >= 0.3 is 0 Å². The van der Waals surface area contributed by atoms with Crippen LogP contribution in [-0.2, 0) is 0 Å². The van der Waals surface area contributed by atoms with Crippen molar-refractivity contribution in [1.29, 1.82) is 0 Å². The Morgan fingerprint density at radius 1 is 1.21 bits per heavy atom. The first-order valence-corrected chi connectivity index (χ1v) is 9.06. The number of carbonyl (C=O) groups excluding carboxylic acids is 1. The van der Waals surface area contributed by atoms with Gasteiger partial charge in [-0.05, 0) is 50.2 Å². The van der Waals surface area contributed by atoms with E-state index in [-0.39, 0.29) is 5.91 Å². The monoisotopic (exact) mass is 341 g/mol. The molecule has 124 valence electrons. The number of hydrogen-bond acceptors (Lipinski definition) is 5. The molecule has 0 spiro atoms. The molecule has 0 unspecified atom stereocenters. The number of aromatic nitrogens is 1. The molecule has 1 aliphatic rings. The minimum Gasteiger partial charge on any atom is -0.459 e. The molecule has 4 rings (SSSR count). The van der Waals surface area contributed by atoms with E-state index >= 15 is 0 Å². The van der Waals surface area contributed by atoms with Crippen LogP contribution in [0.5, 0.6) is 0 Å². The summed E-state index contributed by atoms with van der Waals surface area (Å²) < 4.78 is 6.40. The normalized spacial score (nSPS) is 15.2. The molecule has 5 nitrogen and oxygen atoms in total. The van der Waals surface area contributed by atoms with E-state index in [1.807, 2.05) is 24.3 Å². The molecule has 0 radical (unpaired) electrons. The zero-order chi connectivity index (χ0) is 16.4. The number of thiazole rings is 1. The minimum absolute atomic E-state index is 0.127. The van der Waals surface area contributed by atoms with Crippen molar-refractivity contribution in [3.05, 3.63) is 48.4 Å². The summed E-state index contributed by atoms with van der Waals surface area (Å²) in [4.78, 5) is 21.7. The Labute approximate surface area is 144 Å². The molecule has 0 bridgehead atoms. The summed E-state index contributed by atoms with van der Waals surface area (Å²) in [5, 5.41) is 0.733. The fourth-order valence-electron chi connectivity index (χ4n) is 3.04. The Morgan fingerprint density at radius 2 is 2.04 bits per heavy atom. The SMILES string of the molecule is O=C(c1ccco1)N(CCN1CCCC1)c1nc2ccccc2s1. The Kier molecular flexibility index (Phi) is 4.32. The van der Waals surface area contributed by atoms with Crippen LogP contribution in [0.2, 0.25) is 0 Å². The van der Waals surface area contributed by atoms with E-state index in [0.717, 1.165) is 35.0 Å². The lowest BCUT2D eigenvalue weighted by Gasteiger charge is -2.22. The molecule has 3 heterocycles. The number of anilines is 1. The fraction of sp³-hybridized carbons (Fsp3) is 0.333. The summed E-state index contributed by atoms with van der Waals surface area (Å²) in [6.45, 7) is 3.72. The van der Waals surface area contributed by atoms with E-state index in [2.05, 4.69) is 9.88 Å². The number of nitrogens with zero attached hydrogens (tertiary/aromatic N) is 3. The second-order valence-corrected chi connectivity index (χ2v) is 6.96. The number of carbonyl (C=O) groups is 1. The lowest BCUT2D eigenvalue weighted by atomic mass is 10.3. The van der Waals surface area contributed by atoms with Gasteiger partial charge in [0.05, 0.1) is 16.5 Å². The van der Waals surface area contributed by atoms with Crippen molar-refractivity contribution in [2.75, 3.05) is 31.1 Å². The highest BCUT2D eigenvalue weighted by molar-refractivity contribution is 7.22. The van der Waals surface area contributed by atoms with E-state index in [4.69, 9.17) is 4.42 Å². The summed E-state index contributed by atoms with van der Waals surface area (Å²) in [6.07, 6.45) is 4.02. The second-order valence-electron chi connectivity index (χ2n) is 5.95. The van der Waals surface area contributed by atoms with E-state index in [9.17, 15) is 4.79 Å². The van der Waals surface area contributed by atoms with Crippen LogP contribution >= 0.6 is 11.3 Å². The van der Waals surface area contributed by atoms with Gasteiger partial charge in [-0.2, -0.15) is 0 Å². The Morgan fingerprint density at radius 3 is 2.79 bits per heavy atom. The summed E-state index contributed by atoms with van der Waals surface area (Å²) in [5.41, 5.74) is 0.927. The number of rotatable bonds is 5. The predicted molar refractivity (Wildman–Crippen MR) is 95.7 cm³/mol. The molecule has 0 saturated carbocycles. The largest absolute Gasteiger partial charge is 0.459 e. The molecular formula is C18H19N3O2S. The van der Waals surface area contributed by atoms with E-state index in [0.29, 0.717) is 12.3 Å². The topological polar surface area (TPSA) is 49.6 Å². The number of fused-ring (bicyclic) bond motifs is 1. The Balaban J connectivity index is 1.62. The maximum absolute atomic E-state index is 12.9. The van der Waals surface area contributed by atoms with Crippen LogP contribution in [0.1, 0.15) is 23.4 Å². The van der Waals surface area contributed by atoms with Crippen molar-refractivity contribution < 1.29 is 9.21 Å². The number of furan rings is 1. The van der Waals surface area contributed by atoms with Gasteiger partial charge in [-0.15, -0.1) is 0 Å². The zero-order valence-electron chi connectivity index (χ0n) is 13.4. The molecule has 0 N–H and O–H groups in total. The standard InChI is InChI=1S/C18H19N3O2S/c22-17(15-7-5-13-23-15)21(12-11-20-9-3-4-10-20)18-19-14-6-1-2-8-16(14)24-18/h1-2,5-8,13H,3-4,9-12H2. The van der Waals surface area contributed by atoms with E-state index in [1.165, 1.54) is 19.1 Å². The first-order chi connectivity index (χ1) is 11.8. The molecule has 1 saturated heterocycles. The molecule has 0 atom stereocenters. The van der Waals surface area contributed by atoms with Crippen LogP contribution < -0.4 is 4.90 Å². The quantitative estimate of drug-likeness (QED) is 0.711. The molecule has 1 amide bonds. The molecule has 2 aromatic heterocycles. The molecule has 1 aromatic carbocycles. The number of amides is 1. The number of benzene rings is 1. The maximum Gasteiger partial charge on any atom is 0.295 e. The summed E-state index contributed by atoms with van der Waals surface area (Å²) in [5.74, 6) is 0.230. The van der Waals surface area contributed by atoms with Gasteiger partial charge in [-0.3, -0.25) is 9.69 Å². The van der Waals surface area contributed by atoms with E-state index < -0.39 is 0 Å². The van der Waals surface area contributed by atoms with Gasteiger partial charge in [-0.25, -0.2) is 4.98 Å². The third kappa shape index (κ3) is 3.07. The van der Waals surface area contributed by atoms with Crippen LogP contribution in [0.25, 0.3) is 10.2 Å². The average molecular weight is 341 g/mol. The third-order valence-corrected chi connectivity index (χ3v) is 5.39. The highest BCUT2D eigenvalue weighted by atomic mass is 32.1. The van der Waals surface area contributed by atoms with Crippen molar-refractivity contribution in [3.63, 3.8) is 0 Å². The molecule has 24 heavy (non-hydrogen) atoms. The average Bonchev–Trinajstić information content (AvgIpc) is 3.35. The molecule has 6 heteroatoms. The van der Waals surface area contributed by atoms with Crippen LogP contribution in [0.3, 0.4) is 0 Å². The van der Waals surface area contributed by atoms with Crippen molar-refractivity contribution in [2.45, 2.75) is 12.8 Å². The van der Waals surface area contributed by atoms with Crippen molar-refractivity contribution >= 4 is 32.6 Å². The molecule has 1 aliphatic heterocycles. The van der Waals surface area contributed by atoms with Crippen molar-refractivity contribution in [3.8, 4) is 0 Å². The van der Waals surface area contributed by atoms with Crippen LogP contribution in [0.4, 0.5) is 5.13 Å². The maximum atomic E-state index is 12.9. The lowest BCUT2D eigenvalue weighted by molar-refractivity contribution is 0.0957. The fourth-order valence-corrected chi connectivity index (χ4v) is 4.03. The highest BCUT2D eigenvalue weighted by Gasteiger charge is 2.24. The first-order valence-electron chi connectivity index (χ1n) is 8.24. The Hall–Kier alpha value is -2.18. The van der Waals surface area contributed by atoms with Gasteiger partial charge in [0.25, 0.3) is 5.91 Å². The smallest absolute Gasteiger partial charge is 0.295 e. The molecule has 0 aliphatic carbocycles. The van der Waals surface area contributed by atoms with Crippen molar-refractivity contribution in [2.24, 2.45) is 0 Å². The third-order valence-electron chi connectivity index (χ3n) is 4.33. The van der Waals surface area contributed by atoms with Crippen molar-refractivity contribution in [1.82, 2.24) is 9.88 Å². The summed E-state index contributed by atoms with van der Waals surface area (Å²) >= 11 is 1.55. The summed E-state index contributed by atoms with van der Waals surface area (Å²) in [7, 11) is 0. The first kappa shape index (κ1) is 15.4. The van der Waals surface area contributed by atoms with Crippen LogP contribution in [0, 0.1) is 0 Å². The summed E-state index contributed by atoms with van der Waals surface area (Å²) in [6, 6.07) is 11.4. The van der Waals surface area contributed by atoms with Gasteiger partial charge in [0.1, 0.15) is 0 Å². The molecule has 1 fully saturated rings. The van der Waals surface area contributed by atoms with Gasteiger partial charge < -0.3 is 9.32 Å². The number of hydrogen-bond donors (Lipinski definition) is 0. The number of para-hydroxylation sites is 1. The van der Waals surface area contributed by atoms with E-state index in [1.54, 1.807) is 28.4 Å². The highest BCUT2D eigenvalue weighted by Crippen LogP contribution is 2.29. The van der Waals surface area contributed by atoms with Crippen LogP contribution in [0.15, 0.2) is 47.1 Å². The van der Waals surface area contributed by atoms with Gasteiger partial charge in [-0.1, -0.05) is 23.5 Å². The lowest BCUT2D eigenvalue weighted by Crippen LogP contribution is -2.37. The van der Waals surface area contributed by atoms with Gasteiger partial charge in [0.15, 0.2) is 10.9 Å². The predicted octanol–water partition coefficient (Wildman–Crippen LogP) is 3.63. The molecular weight excluding hydrogens is 322 g/mol. The minimum atomic E-state index is -0.127. The molecule has 3 aromatic rings. The number of likely N-dealkylation sites (tertiary alicyclic amines) is 1. The Bertz CT molecular complexity index is 789. The zero-order valence-corrected chi connectivity index (χ0v) is 14.2.